The lowest BCUT2D eigenvalue weighted by Crippen LogP contribution is -2.39. The molecule has 3 aromatic heterocycles. The van der Waals surface area contributed by atoms with E-state index in [9.17, 15) is 18.0 Å². The molecular weight excluding hydrogens is 377 g/mol. The summed E-state index contributed by atoms with van der Waals surface area (Å²) in [4.78, 5) is 18.4. The van der Waals surface area contributed by atoms with Crippen LogP contribution >= 0.6 is 0 Å². The zero-order valence-electron chi connectivity index (χ0n) is 15.2. The van der Waals surface area contributed by atoms with Crippen LogP contribution in [0.25, 0.3) is 11.1 Å². The Morgan fingerprint density at radius 2 is 2.00 bits per heavy atom. The van der Waals surface area contributed by atoms with E-state index in [1.807, 2.05) is 0 Å². The Morgan fingerprint density at radius 1 is 1.21 bits per heavy atom. The van der Waals surface area contributed by atoms with Gasteiger partial charge in [-0.05, 0) is 32.8 Å². The summed E-state index contributed by atoms with van der Waals surface area (Å²) in [6, 6.07) is 2.58. The number of rotatable bonds is 2. The molecule has 28 heavy (non-hydrogen) atoms. The van der Waals surface area contributed by atoms with E-state index in [4.69, 9.17) is 9.05 Å². The average Bonchev–Trinajstić information content (AvgIpc) is 3.26. The molecule has 0 aliphatic carbocycles. The minimum Gasteiger partial charge on any atom is -0.351 e. The minimum absolute atomic E-state index is 0.114. The van der Waals surface area contributed by atoms with E-state index in [1.54, 1.807) is 11.8 Å². The monoisotopic (exact) mass is 394 g/mol. The van der Waals surface area contributed by atoms with Crippen molar-refractivity contribution in [3.63, 3.8) is 0 Å². The third-order valence-corrected chi connectivity index (χ3v) is 4.91. The molecule has 10 heteroatoms. The van der Waals surface area contributed by atoms with Gasteiger partial charge in [-0.15, -0.1) is 0 Å². The molecule has 1 aliphatic rings. The van der Waals surface area contributed by atoms with Crippen molar-refractivity contribution < 1.29 is 27.0 Å². The summed E-state index contributed by atoms with van der Waals surface area (Å²) >= 11 is 0. The zero-order chi connectivity index (χ0) is 20.1. The van der Waals surface area contributed by atoms with Crippen LogP contribution < -0.4 is 0 Å². The Hall–Kier alpha value is -2.91. The smallest absolute Gasteiger partial charge is 0.351 e. The van der Waals surface area contributed by atoms with Gasteiger partial charge in [0.2, 0.25) is 5.76 Å². The van der Waals surface area contributed by atoms with Gasteiger partial charge in [-0.3, -0.25) is 4.79 Å². The molecule has 4 heterocycles. The van der Waals surface area contributed by atoms with Crippen LogP contribution in [0.2, 0.25) is 0 Å². The molecular formula is C18H17F3N4O3. The van der Waals surface area contributed by atoms with Crippen molar-refractivity contribution in [1.82, 2.24) is 20.2 Å². The van der Waals surface area contributed by atoms with Crippen molar-refractivity contribution in [3.05, 3.63) is 40.5 Å². The summed E-state index contributed by atoms with van der Waals surface area (Å²) in [6.45, 7) is 3.88. The number of carbonyl (C=O) groups is 1. The van der Waals surface area contributed by atoms with Gasteiger partial charge < -0.3 is 13.9 Å². The number of halogens is 3. The van der Waals surface area contributed by atoms with Gasteiger partial charge >= 0.3 is 6.18 Å². The molecule has 1 saturated heterocycles. The number of piperidine rings is 1. The predicted molar refractivity (Wildman–Crippen MR) is 90.7 cm³/mol. The van der Waals surface area contributed by atoms with Gasteiger partial charge in [0, 0.05) is 25.1 Å². The number of alkyl halides is 3. The van der Waals surface area contributed by atoms with E-state index in [1.165, 1.54) is 13.0 Å². The SMILES string of the molecule is Cc1cc(C(=O)N2CCC[C@H](c3cc(C(F)(F)F)c4c(C)noc4n3)C2)on1. The fourth-order valence-corrected chi connectivity index (χ4v) is 3.57. The largest absolute Gasteiger partial charge is 0.417 e. The first kappa shape index (κ1) is 18.5. The maximum atomic E-state index is 13.6. The van der Waals surface area contributed by atoms with Gasteiger partial charge in [0.25, 0.3) is 11.6 Å². The van der Waals surface area contributed by atoms with Crippen LogP contribution in [0.3, 0.4) is 0 Å². The van der Waals surface area contributed by atoms with Gasteiger partial charge in [-0.2, -0.15) is 13.2 Å². The number of carbonyl (C=O) groups excluding carboxylic acids is 1. The number of nitrogens with zero attached hydrogens (tertiary/aromatic N) is 4. The summed E-state index contributed by atoms with van der Waals surface area (Å²) in [7, 11) is 0. The molecule has 7 nitrogen and oxygen atoms in total. The molecule has 0 unspecified atom stereocenters. The standard InChI is InChI=1S/C18H17F3N4O3/c1-9-6-14(27-23-9)17(26)25-5-3-4-11(8-25)13-7-12(18(19,20)21)15-10(2)24-28-16(15)22-13/h6-7,11H,3-5,8H2,1-2H3/t11-/m0/s1. The molecule has 0 spiro atoms. The maximum Gasteiger partial charge on any atom is 0.417 e. The van der Waals surface area contributed by atoms with Crippen LogP contribution in [-0.4, -0.2) is 39.2 Å². The normalized spacial score (nSPS) is 18.0. The first-order valence-electron chi connectivity index (χ1n) is 8.80. The molecule has 1 atom stereocenters. The average molecular weight is 394 g/mol. The van der Waals surface area contributed by atoms with Crippen molar-refractivity contribution in [3.8, 4) is 0 Å². The topological polar surface area (TPSA) is 85.3 Å². The number of hydrogen-bond acceptors (Lipinski definition) is 6. The number of fused-ring (bicyclic) bond motifs is 1. The van der Waals surface area contributed by atoms with Crippen molar-refractivity contribution >= 4 is 17.0 Å². The van der Waals surface area contributed by atoms with E-state index in [0.717, 1.165) is 6.07 Å². The Balaban J connectivity index is 1.67. The highest BCUT2D eigenvalue weighted by Gasteiger charge is 2.37. The lowest BCUT2D eigenvalue weighted by molar-refractivity contribution is -0.136. The van der Waals surface area contributed by atoms with Crippen LogP contribution in [0.1, 0.15) is 52.0 Å². The van der Waals surface area contributed by atoms with E-state index in [0.29, 0.717) is 25.1 Å². The highest BCUT2D eigenvalue weighted by molar-refractivity contribution is 5.91. The Morgan fingerprint density at radius 3 is 2.68 bits per heavy atom. The molecule has 3 aromatic rings. The Labute approximate surface area is 157 Å². The van der Waals surface area contributed by atoms with Gasteiger partial charge in [0.1, 0.15) is 0 Å². The second kappa shape index (κ2) is 6.61. The predicted octanol–water partition coefficient (Wildman–Crippen LogP) is 3.87. The number of aryl methyl sites for hydroxylation is 2. The first-order valence-corrected chi connectivity index (χ1v) is 8.80. The van der Waals surface area contributed by atoms with Gasteiger partial charge in [0.15, 0.2) is 0 Å². The summed E-state index contributed by atoms with van der Waals surface area (Å²) in [5, 5.41) is 7.20. The molecule has 148 valence electrons. The molecule has 4 rings (SSSR count). The summed E-state index contributed by atoms with van der Waals surface area (Å²) in [6.07, 6.45) is -3.31. The molecule has 0 saturated carbocycles. The van der Waals surface area contributed by atoms with Crippen molar-refractivity contribution in [2.45, 2.75) is 38.8 Å². The second-order valence-corrected chi connectivity index (χ2v) is 6.96. The van der Waals surface area contributed by atoms with Gasteiger partial charge in [-0.1, -0.05) is 10.3 Å². The van der Waals surface area contributed by atoms with Crippen LogP contribution in [0.15, 0.2) is 21.2 Å². The number of likely N-dealkylation sites (tertiary alicyclic amines) is 1. The fraction of sp³-hybridized carbons (Fsp3) is 0.444. The Kier molecular flexibility index (Phi) is 4.35. The number of pyridine rings is 1. The third kappa shape index (κ3) is 3.23. The summed E-state index contributed by atoms with van der Waals surface area (Å²) < 4.78 is 50.7. The summed E-state index contributed by atoms with van der Waals surface area (Å²) in [5.74, 6) is -0.570. The minimum atomic E-state index is -4.56. The second-order valence-electron chi connectivity index (χ2n) is 6.96. The van der Waals surface area contributed by atoms with Gasteiger partial charge in [-0.25, -0.2) is 4.98 Å². The number of aromatic nitrogens is 3. The molecule has 1 aliphatic heterocycles. The summed E-state index contributed by atoms with van der Waals surface area (Å²) in [5.41, 5.74) is 0.00136. The molecule has 0 radical (unpaired) electrons. The molecule has 1 fully saturated rings. The number of amides is 1. The van der Waals surface area contributed by atoms with Crippen molar-refractivity contribution in [2.75, 3.05) is 13.1 Å². The van der Waals surface area contributed by atoms with Crippen LogP contribution in [-0.2, 0) is 6.18 Å². The highest BCUT2D eigenvalue weighted by Crippen LogP contribution is 2.38. The molecule has 0 bridgehead atoms. The van der Waals surface area contributed by atoms with E-state index in [2.05, 4.69) is 15.3 Å². The van der Waals surface area contributed by atoms with Crippen LogP contribution in [0.5, 0.6) is 0 Å². The fourth-order valence-electron chi connectivity index (χ4n) is 3.57. The van der Waals surface area contributed by atoms with E-state index < -0.39 is 11.7 Å². The van der Waals surface area contributed by atoms with Gasteiger partial charge in [0.05, 0.1) is 28.0 Å². The number of hydrogen-bond donors (Lipinski definition) is 0. The van der Waals surface area contributed by atoms with Crippen molar-refractivity contribution in [1.29, 1.82) is 0 Å². The molecule has 0 aromatic carbocycles. The van der Waals surface area contributed by atoms with Crippen LogP contribution in [0.4, 0.5) is 13.2 Å². The van der Waals surface area contributed by atoms with E-state index in [-0.39, 0.29) is 46.6 Å². The molecule has 1 amide bonds. The lowest BCUT2D eigenvalue weighted by Gasteiger charge is -2.32. The quantitative estimate of drug-likeness (QED) is 0.656. The highest BCUT2D eigenvalue weighted by atomic mass is 19.4. The molecule has 0 N–H and O–H groups in total. The van der Waals surface area contributed by atoms with E-state index >= 15 is 0 Å². The maximum absolute atomic E-state index is 13.6. The first-order chi connectivity index (χ1) is 13.2. The van der Waals surface area contributed by atoms with Crippen molar-refractivity contribution in [2.24, 2.45) is 0 Å². The Bertz CT molecular complexity index is 1040. The third-order valence-electron chi connectivity index (χ3n) is 4.91. The lowest BCUT2D eigenvalue weighted by atomic mass is 9.92. The van der Waals surface area contributed by atoms with Crippen LogP contribution in [0, 0.1) is 13.8 Å². The zero-order valence-corrected chi connectivity index (χ0v) is 15.2.